The lowest BCUT2D eigenvalue weighted by molar-refractivity contribution is -0.163. The summed E-state index contributed by atoms with van der Waals surface area (Å²) in [6.45, 7) is 2.58. The van der Waals surface area contributed by atoms with Crippen LogP contribution in [0.2, 0.25) is 0 Å². The number of nitriles is 1. The van der Waals surface area contributed by atoms with Crippen LogP contribution < -0.4 is 0 Å². The van der Waals surface area contributed by atoms with Gasteiger partial charge in [0.1, 0.15) is 24.0 Å². The molecule has 0 saturated heterocycles. The summed E-state index contributed by atoms with van der Waals surface area (Å²) in [6.07, 6.45) is -0.525. The van der Waals surface area contributed by atoms with Gasteiger partial charge in [-0.1, -0.05) is 13.8 Å². The molecule has 4 aromatic rings. The third-order valence-electron chi connectivity index (χ3n) is 5.79. The molecule has 36 heavy (non-hydrogen) atoms. The van der Waals surface area contributed by atoms with E-state index in [0.29, 0.717) is 28.7 Å². The maximum absolute atomic E-state index is 14.6. The highest BCUT2D eigenvalue weighted by atomic mass is 32.2. The Balaban J connectivity index is 1.91. The van der Waals surface area contributed by atoms with Gasteiger partial charge >= 0.3 is 6.18 Å². The van der Waals surface area contributed by atoms with Crippen LogP contribution in [-0.2, 0) is 16.3 Å². The van der Waals surface area contributed by atoms with Crippen molar-refractivity contribution in [2.45, 2.75) is 31.3 Å². The molecule has 186 valence electrons. The van der Waals surface area contributed by atoms with Crippen LogP contribution in [0.4, 0.5) is 17.6 Å². The minimum absolute atomic E-state index is 0.0824. The first-order valence-electron chi connectivity index (χ1n) is 10.8. The summed E-state index contributed by atoms with van der Waals surface area (Å²) < 4.78 is 80.0. The number of hydrogen-bond acceptors (Lipinski definition) is 6. The molecule has 1 aromatic carbocycles. The van der Waals surface area contributed by atoms with Crippen molar-refractivity contribution in [3.8, 4) is 23.3 Å². The Morgan fingerprint density at radius 2 is 1.92 bits per heavy atom. The number of aryl methyl sites for hydroxylation is 1. The normalized spacial score (nSPS) is 13.0. The average Bonchev–Trinajstić information content (AvgIpc) is 3.16. The van der Waals surface area contributed by atoms with Gasteiger partial charge in [-0.25, -0.2) is 22.8 Å². The number of hydrogen-bond donors (Lipinski definition) is 0. The predicted molar refractivity (Wildman–Crippen MR) is 123 cm³/mol. The molecule has 0 fully saturated rings. The van der Waals surface area contributed by atoms with Crippen LogP contribution in [0.3, 0.4) is 0 Å². The lowest BCUT2D eigenvalue weighted by Crippen LogP contribution is -2.27. The number of halogens is 4. The third kappa shape index (κ3) is 4.54. The van der Waals surface area contributed by atoms with E-state index >= 15 is 0 Å². The van der Waals surface area contributed by atoms with E-state index in [-0.39, 0.29) is 21.8 Å². The van der Waals surface area contributed by atoms with Crippen LogP contribution in [0.5, 0.6) is 0 Å². The van der Waals surface area contributed by atoms with Gasteiger partial charge in [0.15, 0.2) is 9.84 Å². The van der Waals surface area contributed by atoms with Gasteiger partial charge in [0, 0.05) is 17.8 Å². The van der Waals surface area contributed by atoms with Crippen molar-refractivity contribution in [2.75, 3.05) is 5.75 Å². The lowest BCUT2D eigenvalue weighted by Gasteiger charge is -2.15. The van der Waals surface area contributed by atoms with Crippen LogP contribution in [-0.4, -0.2) is 39.9 Å². The van der Waals surface area contributed by atoms with Crippen LogP contribution in [0.15, 0.2) is 53.9 Å². The fourth-order valence-electron chi connectivity index (χ4n) is 3.86. The van der Waals surface area contributed by atoms with Gasteiger partial charge in [0.2, 0.25) is 0 Å². The highest BCUT2D eigenvalue weighted by Gasteiger charge is 2.39. The smallest absolute Gasteiger partial charge is 0.291 e. The average molecular weight is 518 g/mol. The van der Waals surface area contributed by atoms with E-state index in [1.807, 2.05) is 0 Å². The second kappa shape index (κ2) is 9.31. The largest absolute Gasteiger partial charge is 0.392 e. The first kappa shape index (κ1) is 25.2. The molecular formula is C24H19F4N5O2S. The monoisotopic (exact) mass is 517 g/mol. The van der Waals surface area contributed by atoms with Crippen molar-refractivity contribution in [1.29, 1.82) is 5.26 Å². The second-order valence-corrected chi connectivity index (χ2v) is 10.2. The van der Waals surface area contributed by atoms with Gasteiger partial charge in [0.05, 0.1) is 39.0 Å². The van der Waals surface area contributed by atoms with Crippen molar-refractivity contribution in [2.24, 2.45) is 5.92 Å². The molecule has 0 aliphatic carbocycles. The molecule has 12 heteroatoms. The maximum atomic E-state index is 14.6. The molecule has 4 rings (SSSR count). The molecule has 3 aromatic heterocycles. The Bertz CT molecular complexity index is 1580. The van der Waals surface area contributed by atoms with Crippen LogP contribution in [0.1, 0.15) is 25.0 Å². The molecule has 0 aliphatic heterocycles. The number of aromatic nitrogens is 4. The number of alkyl halides is 3. The molecule has 1 unspecified atom stereocenters. The summed E-state index contributed by atoms with van der Waals surface area (Å²) in [5.74, 6) is -3.31. The number of benzene rings is 1. The van der Waals surface area contributed by atoms with Crippen LogP contribution in [0, 0.1) is 23.1 Å². The van der Waals surface area contributed by atoms with Crippen molar-refractivity contribution >= 4 is 20.7 Å². The third-order valence-corrected chi connectivity index (χ3v) is 7.69. The van der Waals surface area contributed by atoms with E-state index in [9.17, 15) is 31.2 Å². The molecule has 0 radical (unpaired) electrons. The maximum Gasteiger partial charge on any atom is 0.392 e. The van der Waals surface area contributed by atoms with E-state index in [1.54, 1.807) is 23.6 Å². The van der Waals surface area contributed by atoms with Gasteiger partial charge in [-0.3, -0.25) is 9.55 Å². The zero-order valence-corrected chi connectivity index (χ0v) is 19.9. The molecule has 0 saturated carbocycles. The van der Waals surface area contributed by atoms with Crippen LogP contribution >= 0.6 is 0 Å². The van der Waals surface area contributed by atoms with Crippen molar-refractivity contribution in [3.63, 3.8) is 0 Å². The van der Waals surface area contributed by atoms with E-state index in [0.717, 1.165) is 19.2 Å². The van der Waals surface area contributed by atoms with Gasteiger partial charge in [-0.2, -0.15) is 18.4 Å². The van der Waals surface area contributed by atoms with Crippen molar-refractivity contribution < 1.29 is 26.0 Å². The molecule has 0 N–H and O–H groups in total. The number of pyridine rings is 1. The minimum Gasteiger partial charge on any atom is -0.291 e. The fraction of sp³-hybridized carbons (Fsp3) is 0.250. The Labute approximate surface area is 204 Å². The van der Waals surface area contributed by atoms with E-state index in [1.165, 1.54) is 24.7 Å². The zero-order valence-electron chi connectivity index (χ0n) is 19.1. The van der Waals surface area contributed by atoms with Crippen LogP contribution in [0.25, 0.3) is 28.1 Å². The Morgan fingerprint density at radius 3 is 2.47 bits per heavy atom. The summed E-state index contributed by atoms with van der Waals surface area (Å²) in [5, 5.41) is 10.3. The summed E-state index contributed by atoms with van der Waals surface area (Å²) in [4.78, 5) is 11.9. The second-order valence-electron chi connectivity index (χ2n) is 8.16. The molecule has 3 heterocycles. The molecule has 7 nitrogen and oxygen atoms in total. The topological polar surface area (TPSA) is 102 Å². The molecule has 0 amide bonds. The Morgan fingerprint density at radius 1 is 1.17 bits per heavy atom. The fourth-order valence-corrected chi connectivity index (χ4v) is 5.38. The molecule has 1 atom stereocenters. The van der Waals surface area contributed by atoms with Gasteiger partial charge < -0.3 is 0 Å². The Kier molecular flexibility index (Phi) is 6.53. The number of sulfone groups is 1. The number of nitrogens with zero attached hydrogens (tertiary/aromatic N) is 5. The molecule has 0 bridgehead atoms. The molecular weight excluding hydrogens is 498 g/mol. The van der Waals surface area contributed by atoms with Gasteiger partial charge in [-0.05, 0) is 42.3 Å². The quantitative estimate of drug-likeness (QED) is 0.333. The lowest BCUT2D eigenvalue weighted by atomic mass is 10.1. The highest BCUT2D eigenvalue weighted by Crippen LogP contribution is 2.36. The number of rotatable bonds is 6. The van der Waals surface area contributed by atoms with E-state index < -0.39 is 33.5 Å². The Hall–Kier alpha value is -3.85. The first-order chi connectivity index (χ1) is 17.0. The van der Waals surface area contributed by atoms with Crippen molar-refractivity contribution in [3.05, 3.63) is 66.0 Å². The van der Waals surface area contributed by atoms with E-state index in [2.05, 4.69) is 21.0 Å². The predicted octanol–water partition coefficient (Wildman–Crippen LogP) is 5.03. The summed E-state index contributed by atoms with van der Waals surface area (Å²) >= 11 is 0. The summed E-state index contributed by atoms with van der Waals surface area (Å²) in [6, 6.07) is 8.95. The highest BCUT2D eigenvalue weighted by molar-refractivity contribution is 7.91. The summed E-state index contributed by atoms with van der Waals surface area (Å²) in [7, 11) is -4.28. The standard InChI is InChI=1S/C24H19F4N5O2S/c1-3-15-8-21-17(9-19(15)25)18(10-29)23(33(21)22-6-7-30-13-32-22)20-5-4-16(11-31-20)36(34,35)12-14(2)24(26,27)28/h4-9,11,13-14H,3,12H2,1-2H3. The van der Waals surface area contributed by atoms with Crippen molar-refractivity contribution in [1.82, 2.24) is 19.5 Å². The minimum atomic E-state index is -4.66. The van der Waals surface area contributed by atoms with Gasteiger partial charge in [0.25, 0.3) is 0 Å². The van der Waals surface area contributed by atoms with Gasteiger partial charge in [-0.15, -0.1) is 0 Å². The summed E-state index contributed by atoms with van der Waals surface area (Å²) in [5.41, 5.74) is 1.36. The number of fused-ring (bicyclic) bond motifs is 1. The molecule has 0 aliphatic rings. The molecule has 0 spiro atoms. The first-order valence-corrected chi connectivity index (χ1v) is 12.4. The SMILES string of the molecule is CCc1cc2c(cc1F)c(C#N)c(-c1ccc(S(=O)(=O)CC(C)C(F)(F)F)cn1)n2-c1ccncn1. The zero-order chi connectivity index (χ0) is 26.3. The van der Waals surface area contributed by atoms with E-state index in [4.69, 9.17) is 0 Å².